The number of nitrogens with zero attached hydrogens (tertiary/aromatic N) is 1. The summed E-state index contributed by atoms with van der Waals surface area (Å²) in [4.78, 5) is 31.2. The number of hydrogen-bond acceptors (Lipinski definition) is 5. The molecule has 1 aliphatic carbocycles. The lowest BCUT2D eigenvalue weighted by Gasteiger charge is -2.39. The van der Waals surface area contributed by atoms with E-state index < -0.39 is 5.92 Å². The monoisotopic (exact) mass is 425 g/mol. The molecule has 1 aliphatic heterocycles. The third-order valence-electron chi connectivity index (χ3n) is 6.10. The summed E-state index contributed by atoms with van der Waals surface area (Å²) in [5.41, 5.74) is 3.03. The topological polar surface area (TPSA) is 65.0 Å². The molecule has 1 aromatic carbocycles. The van der Waals surface area contributed by atoms with Crippen LogP contribution >= 0.6 is 0 Å². The van der Waals surface area contributed by atoms with E-state index in [9.17, 15) is 9.59 Å². The van der Waals surface area contributed by atoms with Crippen LogP contribution in [0.4, 0.5) is 0 Å². The summed E-state index contributed by atoms with van der Waals surface area (Å²) < 4.78 is 11.2. The number of hydrogen-bond donors (Lipinski definition) is 0. The zero-order valence-electron chi connectivity index (χ0n) is 19.5. The van der Waals surface area contributed by atoms with Crippen molar-refractivity contribution in [2.75, 3.05) is 13.2 Å². The number of ether oxygens (including phenoxy) is 2. The molecule has 2 atom stereocenters. The zero-order valence-corrected chi connectivity index (χ0v) is 19.5. The fourth-order valence-electron chi connectivity index (χ4n) is 4.66. The molecule has 0 bridgehead atoms. The molecule has 0 spiro atoms. The van der Waals surface area contributed by atoms with Crippen molar-refractivity contribution in [2.45, 2.75) is 72.6 Å². The first kappa shape index (κ1) is 23.2. The minimum absolute atomic E-state index is 0.0881. The normalized spacial score (nSPS) is 22.6. The number of carbonyl (C=O) groups is 2. The number of benzene rings is 1. The maximum absolute atomic E-state index is 13.3. The third-order valence-corrected chi connectivity index (χ3v) is 6.10. The fourth-order valence-corrected chi connectivity index (χ4v) is 4.66. The van der Waals surface area contributed by atoms with Gasteiger partial charge in [-0.3, -0.25) is 14.6 Å². The van der Waals surface area contributed by atoms with Crippen molar-refractivity contribution in [1.29, 1.82) is 0 Å². The van der Waals surface area contributed by atoms with Crippen molar-refractivity contribution < 1.29 is 19.1 Å². The Hall–Kier alpha value is -2.43. The molecule has 3 rings (SSSR count). The number of aliphatic imine (C=N–C) groups is 1. The van der Waals surface area contributed by atoms with Gasteiger partial charge in [-0.1, -0.05) is 45.7 Å². The van der Waals surface area contributed by atoms with Gasteiger partial charge in [-0.05, 0) is 49.8 Å². The Morgan fingerprint density at radius 2 is 1.84 bits per heavy atom. The Bertz CT molecular complexity index is 879. The predicted molar refractivity (Wildman–Crippen MR) is 122 cm³/mol. The van der Waals surface area contributed by atoms with Crippen molar-refractivity contribution in [3.63, 3.8) is 0 Å². The van der Waals surface area contributed by atoms with Crippen molar-refractivity contribution in [2.24, 2.45) is 16.3 Å². The fraction of sp³-hybridized carbons (Fsp3) is 0.577. The minimum Gasteiger partial charge on any atom is -0.494 e. The lowest BCUT2D eigenvalue weighted by molar-refractivity contribution is -0.146. The van der Waals surface area contributed by atoms with Gasteiger partial charge in [0.05, 0.1) is 13.2 Å². The first-order chi connectivity index (χ1) is 14.8. The molecule has 1 aromatic rings. The second-order valence-electron chi connectivity index (χ2n) is 9.39. The number of allylic oxidation sites excluding steroid dienone is 2. The lowest BCUT2D eigenvalue weighted by Crippen LogP contribution is -2.39. The van der Waals surface area contributed by atoms with Gasteiger partial charge in [0, 0.05) is 29.3 Å². The first-order valence-corrected chi connectivity index (χ1v) is 11.5. The number of esters is 1. The lowest BCUT2D eigenvalue weighted by atomic mass is 9.67. The highest BCUT2D eigenvalue weighted by Gasteiger charge is 2.46. The molecule has 0 amide bonds. The number of ketones is 1. The summed E-state index contributed by atoms with van der Waals surface area (Å²) >= 11 is 0. The van der Waals surface area contributed by atoms with Crippen LogP contribution in [0.2, 0.25) is 0 Å². The van der Waals surface area contributed by atoms with E-state index >= 15 is 0 Å². The van der Waals surface area contributed by atoms with E-state index in [-0.39, 0.29) is 23.1 Å². The Balaban J connectivity index is 2.00. The average Bonchev–Trinajstić information content (AvgIpc) is 2.70. The average molecular weight is 426 g/mol. The molecule has 0 N–H and O–H groups in total. The molecular formula is C26H35NO4. The summed E-state index contributed by atoms with van der Waals surface area (Å²) in [7, 11) is 0. The Morgan fingerprint density at radius 1 is 1.13 bits per heavy atom. The van der Waals surface area contributed by atoms with Gasteiger partial charge in [-0.2, -0.15) is 0 Å². The zero-order chi connectivity index (χ0) is 22.6. The maximum atomic E-state index is 13.3. The van der Waals surface area contributed by atoms with Crippen LogP contribution in [0.25, 0.3) is 0 Å². The number of unbranched alkanes of at least 4 members (excludes halogenated alkanes) is 2. The summed E-state index contributed by atoms with van der Waals surface area (Å²) in [6.07, 6.45) is 4.14. The highest BCUT2D eigenvalue weighted by molar-refractivity contribution is 6.09. The van der Waals surface area contributed by atoms with E-state index in [0.29, 0.717) is 25.2 Å². The number of rotatable bonds is 8. The second kappa shape index (κ2) is 9.80. The van der Waals surface area contributed by atoms with Crippen molar-refractivity contribution in [3.05, 3.63) is 41.1 Å². The summed E-state index contributed by atoms with van der Waals surface area (Å²) in [6.45, 7) is 11.1. The van der Waals surface area contributed by atoms with Crippen molar-refractivity contribution in [3.8, 4) is 5.75 Å². The highest BCUT2D eigenvalue weighted by atomic mass is 16.5. The van der Waals surface area contributed by atoms with Gasteiger partial charge in [0.25, 0.3) is 0 Å². The third kappa shape index (κ3) is 5.25. The highest BCUT2D eigenvalue weighted by Crippen LogP contribution is 2.48. The van der Waals surface area contributed by atoms with E-state index in [1.54, 1.807) is 0 Å². The molecule has 168 valence electrons. The van der Waals surface area contributed by atoms with Gasteiger partial charge in [0.15, 0.2) is 5.78 Å². The van der Waals surface area contributed by atoms with Gasteiger partial charge in [0.1, 0.15) is 11.7 Å². The van der Waals surface area contributed by atoms with Gasteiger partial charge in [0.2, 0.25) is 0 Å². The number of Topliss-reactive ketones (excluding diaryl/α,β-unsaturated/α-hetero) is 1. The SMILES string of the molecule is CCCCCOC(=O)C1C(C)=NC2=C(C(=O)CC(C)(C)C2)[C@H]1c1ccc(OCC)cc1. The van der Waals surface area contributed by atoms with Crippen molar-refractivity contribution >= 4 is 17.5 Å². The molecule has 5 nitrogen and oxygen atoms in total. The summed E-state index contributed by atoms with van der Waals surface area (Å²) in [6, 6.07) is 7.73. The number of carbonyl (C=O) groups excluding carboxylic acids is 2. The molecule has 0 radical (unpaired) electrons. The molecule has 0 aromatic heterocycles. The van der Waals surface area contributed by atoms with Gasteiger partial charge >= 0.3 is 5.97 Å². The van der Waals surface area contributed by atoms with E-state index in [2.05, 4.69) is 20.8 Å². The van der Waals surface area contributed by atoms with Crippen LogP contribution in [0, 0.1) is 11.3 Å². The minimum atomic E-state index is -0.580. The standard InChI is InChI=1S/C26H35NO4/c1-6-8-9-14-31-25(29)22-17(3)27-20-15-26(4,5)16-21(28)24(20)23(22)18-10-12-19(13-11-18)30-7-2/h10-13,22-23H,6-9,14-16H2,1-5H3/t22?,23-/m0/s1. The van der Waals surface area contributed by atoms with Gasteiger partial charge < -0.3 is 9.47 Å². The molecule has 0 fully saturated rings. The van der Waals surface area contributed by atoms with Crippen LogP contribution in [-0.2, 0) is 14.3 Å². The first-order valence-electron chi connectivity index (χ1n) is 11.5. The van der Waals surface area contributed by atoms with E-state index in [1.165, 1.54) is 0 Å². The molecule has 31 heavy (non-hydrogen) atoms. The van der Waals surface area contributed by atoms with Gasteiger partial charge in [-0.15, -0.1) is 0 Å². The van der Waals surface area contributed by atoms with Crippen LogP contribution in [0.3, 0.4) is 0 Å². The molecule has 2 aliphatic rings. The van der Waals surface area contributed by atoms with Crippen LogP contribution in [0.1, 0.15) is 78.2 Å². The van der Waals surface area contributed by atoms with Crippen LogP contribution in [0.5, 0.6) is 5.75 Å². The van der Waals surface area contributed by atoms with Crippen LogP contribution in [-0.4, -0.2) is 30.7 Å². The Morgan fingerprint density at radius 3 is 2.48 bits per heavy atom. The quantitative estimate of drug-likeness (QED) is 0.400. The van der Waals surface area contributed by atoms with Gasteiger partial charge in [-0.25, -0.2) is 0 Å². The summed E-state index contributed by atoms with van der Waals surface area (Å²) in [5, 5.41) is 0. The Kier molecular flexibility index (Phi) is 7.34. The van der Waals surface area contributed by atoms with Crippen LogP contribution in [0.15, 0.2) is 40.5 Å². The van der Waals surface area contributed by atoms with Crippen molar-refractivity contribution in [1.82, 2.24) is 0 Å². The summed E-state index contributed by atoms with van der Waals surface area (Å²) in [5.74, 6) is -0.379. The molecule has 0 saturated heterocycles. The predicted octanol–water partition coefficient (Wildman–Crippen LogP) is 5.64. The Labute approximate surface area is 185 Å². The largest absolute Gasteiger partial charge is 0.494 e. The maximum Gasteiger partial charge on any atom is 0.315 e. The van der Waals surface area contributed by atoms with E-state index in [1.807, 2.05) is 38.1 Å². The van der Waals surface area contributed by atoms with E-state index in [4.69, 9.17) is 14.5 Å². The van der Waals surface area contributed by atoms with E-state index in [0.717, 1.165) is 48.4 Å². The molecule has 1 unspecified atom stereocenters. The smallest absolute Gasteiger partial charge is 0.315 e. The molecule has 1 heterocycles. The molecule has 5 heteroatoms. The second-order valence-corrected chi connectivity index (χ2v) is 9.39. The molecule has 0 saturated carbocycles. The van der Waals surface area contributed by atoms with Crippen LogP contribution < -0.4 is 4.74 Å². The molecular weight excluding hydrogens is 390 g/mol.